The summed E-state index contributed by atoms with van der Waals surface area (Å²) in [7, 11) is 0. The predicted octanol–water partition coefficient (Wildman–Crippen LogP) is 1.88. The zero-order valence-corrected chi connectivity index (χ0v) is 9.54. The van der Waals surface area contributed by atoms with Gasteiger partial charge in [0, 0.05) is 24.4 Å². The molecular weight excluding hydrogens is 190 g/mol. The van der Waals surface area contributed by atoms with Crippen LogP contribution in [-0.4, -0.2) is 29.7 Å². The number of hydrogen-bond donors (Lipinski definition) is 0. The fourth-order valence-electron chi connectivity index (χ4n) is 2.10. The van der Waals surface area contributed by atoms with Gasteiger partial charge in [-0.15, -0.1) is 12.3 Å². The summed E-state index contributed by atoms with van der Waals surface area (Å²) in [5.41, 5.74) is -0.152. The normalized spacial score (nSPS) is 26.8. The fraction of sp³-hybridized carbons (Fsp3) is 0.750. The van der Waals surface area contributed by atoms with E-state index in [1.54, 1.807) is 4.90 Å². The Balaban J connectivity index is 1.81. The van der Waals surface area contributed by atoms with Crippen LogP contribution in [0, 0.1) is 23.7 Å². The molecule has 15 heavy (non-hydrogen) atoms. The van der Waals surface area contributed by atoms with Gasteiger partial charge in [-0.05, 0) is 27.2 Å². The van der Waals surface area contributed by atoms with Gasteiger partial charge in [0.25, 0.3) is 0 Å². The van der Waals surface area contributed by atoms with E-state index >= 15 is 0 Å². The fourth-order valence-corrected chi connectivity index (χ4v) is 2.10. The van der Waals surface area contributed by atoms with E-state index in [1.165, 1.54) is 0 Å². The molecule has 0 unspecified atom stereocenters. The molecule has 2 rings (SSSR count). The Hall–Kier alpha value is -1.17. The summed E-state index contributed by atoms with van der Waals surface area (Å²) >= 11 is 0. The molecule has 0 bridgehead atoms. The van der Waals surface area contributed by atoms with E-state index in [2.05, 4.69) is 5.92 Å². The molecule has 1 heterocycles. The van der Waals surface area contributed by atoms with E-state index in [1.807, 2.05) is 20.8 Å². The molecular formula is C12H17NO2. The van der Waals surface area contributed by atoms with Crippen LogP contribution in [-0.2, 0) is 4.74 Å². The first-order chi connectivity index (χ1) is 6.86. The van der Waals surface area contributed by atoms with Gasteiger partial charge in [0.15, 0.2) is 0 Å². The lowest BCUT2D eigenvalue weighted by Gasteiger charge is -2.40. The minimum atomic E-state index is -0.408. The van der Waals surface area contributed by atoms with Gasteiger partial charge in [0.05, 0.1) is 0 Å². The van der Waals surface area contributed by atoms with Crippen molar-refractivity contribution in [2.24, 2.45) is 11.3 Å². The topological polar surface area (TPSA) is 29.5 Å². The maximum atomic E-state index is 11.6. The summed E-state index contributed by atoms with van der Waals surface area (Å²) < 4.78 is 5.27. The Bertz CT molecular complexity index is 329. The van der Waals surface area contributed by atoms with Crippen molar-refractivity contribution in [3.63, 3.8) is 0 Å². The lowest BCUT2D eigenvalue weighted by atomic mass is 9.94. The number of likely N-dealkylation sites (tertiary alicyclic amines) is 1. The SMILES string of the molecule is C#C[C@@H]1CC12CN(C(=O)OC(C)(C)C)C2. The number of amides is 1. The van der Waals surface area contributed by atoms with Gasteiger partial charge in [0.2, 0.25) is 0 Å². The Morgan fingerprint density at radius 3 is 2.53 bits per heavy atom. The second-order valence-electron chi connectivity index (χ2n) is 5.62. The molecule has 2 fully saturated rings. The minimum Gasteiger partial charge on any atom is -0.444 e. The second-order valence-corrected chi connectivity index (χ2v) is 5.62. The van der Waals surface area contributed by atoms with Crippen molar-refractivity contribution in [3.8, 4) is 12.3 Å². The van der Waals surface area contributed by atoms with Crippen LogP contribution in [0.5, 0.6) is 0 Å². The van der Waals surface area contributed by atoms with E-state index in [4.69, 9.17) is 11.2 Å². The molecule has 82 valence electrons. The number of hydrogen-bond acceptors (Lipinski definition) is 2. The molecule has 2 aliphatic rings. The number of ether oxygens (including phenoxy) is 1. The summed E-state index contributed by atoms with van der Waals surface area (Å²) in [6.45, 7) is 7.18. The molecule has 0 aromatic heterocycles. The van der Waals surface area contributed by atoms with Gasteiger partial charge >= 0.3 is 6.09 Å². The van der Waals surface area contributed by atoms with E-state index < -0.39 is 5.60 Å². The number of rotatable bonds is 0. The minimum absolute atomic E-state index is 0.212. The highest BCUT2D eigenvalue weighted by Crippen LogP contribution is 2.58. The van der Waals surface area contributed by atoms with E-state index in [-0.39, 0.29) is 11.5 Å². The monoisotopic (exact) mass is 207 g/mol. The molecule has 3 nitrogen and oxygen atoms in total. The molecule has 1 aliphatic heterocycles. The third-order valence-corrected chi connectivity index (χ3v) is 3.05. The van der Waals surface area contributed by atoms with E-state index in [0.717, 1.165) is 19.5 Å². The molecule has 1 aliphatic carbocycles. The van der Waals surface area contributed by atoms with Crippen molar-refractivity contribution in [2.45, 2.75) is 32.8 Å². The van der Waals surface area contributed by atoms with Crippen LogP contribution in [0.1, 0.15) is 27.2 Å². The van der Waals surface area contributed by atoms with Crippen LogP contribution >= 0.6 is 0 Å². The van der Waals surface area contributed by atoms with Gasteiger partial charge < -0.3 is 9.64 Å². The third-order valence-electron chi connectivity index (χ3n) is 3.05. The summed E-state index contributed by atoms with van der Waals surface area (Å²) in [6.07, 6.45) is 6.22. The molecule has 0 aromatic carbocycles. The van der Waals surface area contributed by atoms with Crippen LogP contribution in [0.3, 0.4) is 0 Å². The number of carbonyl (C=O) groups excluding carboxylic acids is 1. The molecule has 0 radical (unpaired) electrons. The molecule has 1 spiro atoms. The van der Waals surface area contributed by atoms with Gasteiger partial charge in [-0.25, -0.2) is 4.79 Å². The highest BCUT2D eigenvalue weighted by Gasteiger charge is 2.62. The number of terminal acetylenes is 1. The lowest BCUT2D eigenvalue weighted by molar-refractivity contribution is -0.00775. The quantitative estimate of drug-likeness (QED) is 0.567. The van der Waals surface area contributed by atoms with Gasteiger partial charge in [-0.2, -0.15) is 0 Å². The highest BCUT2D eigenvalue weighted by molar-refractivity contribution is 5.70. The zero-order chi connectivity index (χ0) is 11.3. The molecule has 3 heteroatoms. The highest BCUT2D eigenvalue weighted by atomic mass is 16.6. The molecule has 1 saturated carbocycles. The van der Waals surface area contributed by atoms with Gasteiger partial charge in [-0.1, -0.05) is 0 Å². The largest absolute Gasteiger partial charge is 0.444 e. The molecule has 1 amide bonds. The average molecular weight is 207 g/mol. The van der Waals surface area contributed by atoms with Crippen molar-refractivity contribution in [2.75, 3.05) is 13.1 Å². The van der Waals surface area contributed by atoms with E-state index in [0.29, 0.717) is 5.92 Å². The Morgan fingerprint density at radius 2 is 2.13 bits per heavy atom. The van der Waals surface area contributed by atoms with Crippen LogP contribution in [0.4, 0.5) is 4.79 Å². The maximum absolute atomic E-state index is 11.6. The predicted molar refractivity (Wildman–Crippen MR) is 57.2 cm³/mol. The second kappa shape index (κ2) is 2.91. The Kier molecular flexibility index (Phi) is 2.01. The first-order valence-corrected chi connectivity index (χ1v) is 5.30. The first-order valence-electron chi connectivity index (χ1n) is 5.30. The summed E-state index contributed by atoms with van der Waals surface area (Å²) in [4.78, 5) is 13.3. The van der Waals surface area contributed by atoms with Gasteiger partial charge in [0.1, 0.15) is 5.60 Å². The van der Waals surface area contributed by atoms with Crippen molar-refractivity contribution < 1.29 is 9.53 Å². The Labute approximate surface area is 90.8 Å². The van der Waals surface area contributed by atoms with Crippen molar-refractivity contribution in [1.82, 2.24) is 4.90 Å². The Morgan fingerprint density at radius 1 is 1.53 bits per heavy atom. The van der Waals surface area contributed by atoms with E-state index in [9.17, 15) is 4.79 Å². The summed E-state index contributed by atoms with van der Waals surface area (Å²) in [5.74, 6) is 3.15. The van der Waals surface area contributed by atoms with Crippen molar-refractivity contribution in [3.05, 3.63) is 0 Å². The number of carbonyl (C=O) groups is 1. The standard InChI is InChI=1S/C12H17NO2/c1-5-9-6-12(9)7-13(8-12)10(14)15-11(2,3)4/h1,9H,6-8H2,2-4H3/t9-/m1/s1. The first kappa shape index (κ1) is 10.4. The number of nitrogens with zero attached hydrogens (tertiary/aromatic N) is 1. The van der Waals surface area contributed by atoms with Crippen LogP contribution in [0.15, 0.2) is 0 Å². The molecule has 0 aromatic rings. The van der Waals surface area contributed by atoms with Crippen molar-refractivity contribution in [1.29, 1.82) is 0 Å². The molecule has 1 saturated heterocycles. The summed E-state index contributed by atoms with van der Waals surface area (Å²) in [6, 6.07) is 0. The van der Waals surface area contributed by atoms with Crippen LogP contribution < -0.4 is 0 Å². The van der Waals surface area contributed by atoms with Crippen LogP contribution in [0.2, 0.25) is 0 Å². The lowest BCUT2D eigenvalue weighted by Crippen LogP contribution is -2.53. The molecule has 1 atom stereocenters. The van der Waals surface area contributed by atoms with Crippen molar-refractivity contribution >= 4 is 6.09 Å². The van der Waals surface area contributed by atoms with Crippen LogP contribution in [0.25, 0.3) is 0 Å². The average Bonchev–Trinajstić information content (AvgIpc) is 2.71. The maximum Gasteiger partial charge on any atom is 0.410 e. The third kappa shape index (κ3) is 1.81. The van der Waals surface area contributed by atoms with Gasteiger partial charge in [-0.3, -0.25) is 0 Å². The zero-order valence-electron chi connectivity index (χ0n) is 9.54. The smallest absolute Gasteiger partial charge is 0.410 e. The molecule has 0 N–H and O–H groups in total. The summed E-state index contributed by atoms with van der Waals surface area (Å²) in [5, 5.41) is 0.